The van der Waals surface area contributed by atoms with E-state index in [4.69, 9.17) is 2.74 Å². The molecule has 0 radical (unpaired) electrons. The molecule has 0 heterocycles. The first-order valence-electron chi connectivity index (χ1n) is 27.7. The number of fused-ring (bicyclic) bond motifs is 4. The Labute approximate surface area is 356 Å². The Balaban J connectivity index is 1.15. The van der Waals surface area contributed by atoms with Crippen molar-refractivity contribution in [3.63, 3.8) is 0 Å². The van der Waals surface area contributed by atoms with Crippen LogP contribution in [0, 0.1) is 0 Å². The molecule has 0 saturated carbocycles. The lowest BCUT2D eigenvalue weighted by Crippen LogP contribution is -2.15. The number of benzene rings is 12. The molecule has 12 aromatic carbocycles. The minimum Gasteiger partial charge on any atom is -0.0616 e. The van der Waals surface area contributed by atoms with E-state index in [0.717, 1.165) is 53.9 Å². The molecule has 0 amide bonds. The van der Waals surface area contributed by atoms with Crippen molar-refractivity contribution in [1.29, 1.82) is 0 Å². The van der Waals surface area contributed by atoms with Crippen LogP contribution in [-0.4, -0.2) is 0 Å². The molecule has 0 nitrogen and oxygen atoms in total. The van der Waals surface area contributed by atoms with Crippen LogP contribution in [0.4, 0.5) is 0 Å². The fourth-order valence-electron chi connectivity index (χ4n) is 9.37. The predicted molar refractivity (Wildman–Crippen MR) is 245 cm³/mol. The fourth-order valence-corrected chi connectivity index (χ4v) is 9.37. The standard InChI is InChI=1S/C57H36/c1-57(2)51-31-39(21-25-47(51)48-26-22-40(32-52(48)57)42-23-17-37-15-13-33-7-5-9-35-19-27-49(42)55(37)53(33)35)41-29-30-45(44-12-4-3-11-43(41)44)46-24-18-38-16-14-34-8-6-10-36-20-28-50(46)56(38)54(34)36/h3-32H,1-2H3/i1D3,2D3,3D,4D,11D,12D,21D,22D,25D,26D,29D,30D,31D,32D. The van der Waals surface area contributed by atoms with Crippen molar-refractivity contribution in [2.24, 2.45) is 0 Å². The summed E-state index contributed by atoms with van der Waals surface area (Å²) in [7, 11) is 0. The summed E-state index contributed by atoms with van der Waals surface area (Å²) < 4.78 is 171. The van der Waals surface area contributed by atoms with Crippen molar-refractivity contribution in [3.8, 4) is 44.5 Å². The van der Waals surface area contributed by atoms with Gasteiger partial charge in [-0.25, -0.2) is 0 Å². The molecule has 0 heteroatoms. The molecule has 0 aliphatic heterocycles. The summed E-state index contributed by atoms with van der Waals surface area (Å²) >= 11 is 0. The van der Waals surface area contributed by atoms with Gasteiger partial charge in [0.25, 0.3) is 0 Å². The van der Waals surface area contributed by atoms with Crippen LogP contribution in [0.3, 0.4) is 0 Å². The van der Waals surface area contributed by atoms with Crippen LogP contribution in [0.15, 0.2) is 182 Å². The van der Waals surface area contributed by atoms with Gasteiger partial charge in [0, 0.05) is 13.6 Å². The van der Waals surface area contributed by atoms with Crippen molar-refractivity contribution in [1.82, 2.24) is 0 Å². The van der Waals surface area contributed by atoms with Gasteiger partial charge in [-0.1, -0.05) is 183 Å². The van der Waals surface area contributed by atoms with Gasteiger partial charge >= 0.3 is 0 Å². The highest BCUT2D eigenvalue weighted by molar-refractivity contribution is 6.27. The molecule has 0 spiro atoms. The molecule has 13 rings (SSSR count). The van der Waals surface area contributed by atoms with Crippen LogP contribution in [0.1, 0.15) is 49.5 Å². The summed E-state index contributed by atoms with van der Waals surface area (Å²) in [5, 5.41) is 9.12. The second-order valence-electron chi connectivity index (χ2n) is 14.9. The summed E-state index contributed by atoms with van der Waals surface area (Å²) in [6, 6.07) is 24.6. The van der Waals surface area contributed by atoms with Crippen LogP contribution in [-0.2, 0) is 5.41 Å². The third kappa shape index (κ3) is 4.17. The van der Waals surface area contributed by atoms with E-state index in [9.17, 15) is 21.9 Å². The zero-order chi connectivity index (χ0) is 53.0. The van der Waals surface area contributed by atoms with E-state index in [-0.39, 0.29) is 22.1 Å². The average molecular weight is 739 g/mol. The highest BCUT2D eigenvalue weighted by atomic mass is 14.4. The van der Waals surface area contributed by atoms with Crippen LogP contribution in [0.5, 0.6) is 0 Å². The Morgan fingerprint density at radius 2 is 0.772 bits per heavy atom. The molecule has 1 aliphatic rings. The quantitative estimate of drug-likeness (QED) is 0.158. The fraction of sp³-hybridized carbons (Fsp3) is 0.0526. The summed E-state index contributed by atoms with van der Waals surface area (Å²) in [5.41, 5.74) is -7.40. The first kappa shape index (κ1) is 18.7. The highest BCUT2D eigenvalue weighted by Crippen LogP contribution is 2.52. The number of rotatable bonds is 3. The normalized spacial score (nSPS) is 18.5. The van der Waals surface area contributed by atoms with Crippen LogP contribution in [0.25, 0.3) is 120 Å². The van der Waals surface area contributed by atoms with Gasteiger partial charge in [-0.3, -0.25) is 0 Å². The molecule has 12 aromatic rings. The third-order valence-corrected chi connectivity index (χ3v) is 12.0. The lowest BCUT2D eigenvalue weighted by Gasteiger charge is -2.23. The van der Waals surface area contributed by atoms with E-state index >= 15 is 0 Å². The van der Waals surface area contributed by atoms with Gasteiger partial charge in [0.2, 0.25) is 0 Å². The van der Waals surface area contributed by atoms with Gasteiger partial charge in [-0.2, -0.15) is 0 Å². The first-order chi connectivity index (χ1) is 35.5. The summed E-state index contributed by atoms with van der Waals surface area (Å²) in [5.74, 6) is 0. The van der Waals surface area contributed by atoms with Crippen LogP contribution < -0.4 is 0 Å². The summed E-state index contributed by atoms with van der Waals surface area (Å²) in [6.07, 6.45) is 0. The molecule has 0 unspecified atom stereocenters. The zero-order valence-corrected chi connectivity index (χ0v) is 29.9. The molecule has 0 atom stereocenters. The van der Waals surface area contributed by atoms with E-state index in [0.29, 0.717) is 16.3 Å². The van der Waals surface area contributed by atoms with Gasteiger partial charge in [-0.15, -0.1) is 0 Å². The summed E-state index contributed by atoms with van der Waals surface area (Å²) in [6.45, 7) is -7.44. The second-order valence-corrected chi connectivity index (χ2v) is 14.9. The Morgan fingerprint density at radius 3 is 1.33 bits per heavy atom. The van der Waals surface area contributed by atoms with Crippen molar-refractivity contribution < 1.29 is 24.7 Å². The molecule has 1 aliphatic carbocycles. The van der Waals surface area contributed by atoms with E-state index in [1.165, 1.54) is 0 Å². The third-order valence-electron chi connectivity index (χ3n) is 12.0. The van der Waals surface area contributed by atoms with Gasteiger partial charge < -0.3 is 0 Å². The second kappa shape index (κ2) is 11.1. The largest absolute Gasteiger partial charge is 0.0633 e. The molecule has 0 bridgehead atoms. The first-order valence-corrected chi connectivity index (χ1v) is 18.7. The SMILES string of the molecule is [2H]c1c([2H])c2c(c([2H])c1-c1ccc3ccc4cccc5ccc1c3c45)C(C([2H])([2H])[2H])(C([2H])([2H])[2H])c1c([2H])c(-c3c([2H])c([2H])c(-c4ccc5ccc6cccc7ccc4c5c67)c4c([2H])c([2H])c([2H])c([2H])c34)c([2H])c([2H])c1-2. The predicted octanol–water partition coefficient (Wildman–Crippen LogP) is 15.9. The number of hydrogen-bond acceptors (Lipinski definition) is 0. The maximum atomic E-state index is 10.1. The topological polar surface area (TPSA) is 0 Å². The average Bonchev–Trinajstić information content (AvgIpc) is 3.75. The van der Waals surface area contributed by atoms with Crippen molar-refractivity contribution >= 4 is 75.4 Å². The van der Waals surface area contributed by atoms with E-state index < -0.39 is 130 Å². The van der Waals surface area contributed by atoms with Crippen molar-refractivity contribution in [3.05, 3.63) is 193 Å². The van der Waals surface area contributed by atoms with Gasteiger partial charge in [0.05, 0.1) is 16.4 Å². The molecule has 264 valence electrons. The molecule has 0 aromatic heterocycles. The van der Waals surface area contributed by atoms with Gasteiger partial charge in [0.1, 0.15) is 0 Å². The molecule has 0 N–H and O–H groups in total. The van der Waals surface area contributed by atoms with Gasteiger partial charge in [0.15, 0.2) is 0 Å². The van der Waals surface area contributed by atoms with Crippen LogP contribution in [0.2, 0.25) is 0 Å². The molecule has 0 fully saturated rings. The minimum absolute atomic E-state index is 0.0688. The van der Waals surface area contributed by atoms with Gasteiger partial charge in [-0.05, 0) is 143 Å². The lowest BCUT2D eigenvalue weighted by molar-refractivity contribution is 0.661. The Bertz CT molecular complexity index is 4540. The molecular formula is C57H36. The van der Waals surface area contributed by atoms with E-state index in [1.54, 1.807) is 24.3 Å². The van der Waals surface area contributed by atoms with Crippen molar-refractivity contribution in [2.75, 3.05) is 0 Å². The Hall–Kier alpha value is -7.02. The zero-order valence-electron chi connectivity index (χ0n) is 47.9. The monoisotopic (exact) mass is 738 g/mol. The molecule has 0 saturated heterocycles. The molecular weight excluding hydrogens is 685 g/mol. The number of hydrogen-bond donors (Lipinski definition) is 0. The Morgan fingerprint density at radius 1 is 0.351 bits per heavy atom. The lowest BCUT2D eigenvalue weighted by atomic mass is 9.80. The van der Waals surface area contributed by atoms with Crippen molar-refractivity contribution in [2.45, 2.75) is 19.1 Å². The maximum absolute atomic E-state index is 10.1. The smallest absolute Gasteiger partial charge is 0.0616 e. The minimum atomic E-state index is -3.72. The van der Waals surface area contributed by atoms with E-state index in [1.807, 2.05) is 84.9 Å². The van der Waals surface area contributed by atoms with Crippen LogP contribution >= 0.6 is 0 Å². The Kier molecular flexibility index (Phi) is 3.64. The van der Waals surface area contributed by atoms with E-state index in [2.05, 4.69) is 0 Å². The summed E-state index contributed by atoms with van der Waals surface area (Å²) in [4.78, 5) is 0. The molecule has 57 heavy (non-hydrogen) atoms. The highest BCUT2D eigenvalue weighted by Gasteiger charge is 2.36. The maximum Gasteiger partial charge on any atom is 0.0633 e.